The summed E-state index contributed by atoms with van der Waals surface area (Å²) >= 11 is 6.30. The Kier molecular flexibility index (Phi) is 5.63. The Morgan fingerprint density at radius 1 is 1.05 bits per heavy atom. The molecule has 0 aliphatic carbocycles. The van der Waals surface area contributed by atoms with Crippen molar-refractivity contribution < 1.29 is 10.2 Å². The SMILES string of the molecule is Cc1ccc(C)c(C(CO)(CCO)Cc2ccccc2Cl)c1. The van der Waals surface area contributed by atoms with E-state index in [0.717, 1.165) is 22.3 Å². The summed E-state index contributed by atoms with van der Waals surface area (Å²) in [6.45, 7) is 4.09. The number of hydrogen-bond acceptors (Lipinski definition) is 2. The quantitative estimate of drug-likeness (QED) is 0.850. The third-order valence-corrected chi connectivity index (χ3v) is 4.71. The number of halogens is 1. The highest BCUT2D eigenvalue weighted by atomic mass is 35.5. The van der Waals surface area contributed by atoms with Crippen LogP contribution in [-0.4, -0.2) is 23.4 Å². The fourth-order valence-corrected chi connectivity index (χ4v) is 3.27. The lowest BCUT2D eigenvalue weighted by Crippen LogP contribution is -2.35. The van der Waals surface area contributed by atoms with Crippen LogP contribution in [0.15, 0.2) is 42.5 Å². The fourth-order valence-electron chi connectivity index (χ4n) is 3.07. The molecule has 1 unspecified atom stereocenters. The molecule has 0 radical (unpaired) electrons. The van der Waals surface area contributed by atoms with Gasteiger partial charge in [-0.2, -0.15) is 0 Å². The molecular weight excluding hydrogens is 296 g/mol. The number of aliphatic hydroxyl groups excluding tert-OH is 2. The molecule has 22 heavy (non-hydrogen) atoms. The summed E-state index contributed by atoms with van der Waals surface area (Å²) in [5.41, 5.74) is 3.84. The van der Waals surface area contributed by atoms with Crippen LogP contribution in [-0.2, 0) is 11.8 Å². The summed E-state index contributed by atoms with van der Waals surface area (Å²) in [7, 11) is 0. The highest BCUT2D eigenvalue weighted by molar-refractivity contribution is 6.31. The van der Waals surface area contributed by atoms with Crippen LogP contribution < -0.4 is 0 Å². The highest BCUT2D eigenvalue weighted by Crippen LogP contribution is 2.36. The maximum atomic E-state index is 10.2. The molecule has 2 aromatic rings. The van der Waals surface area contributed by atoms with Gasteiger partial charge in [0.05, 0.1) is 6.61 Å². The molecule has 0 bridgehead atoms. The minimum absolute atomic E-state index is 0.0247. The van der Waals surface area contributed by atoms with Gasteiger partial charge in [-0.25, -0.2) is 0 Å². The Bertz CT molecular complexity index is 639. The lowest BCUT2D eigenvalue weighted by Gasteiger charge is -2.34. The van der Waals surface area contributed by atoms with Gasteiger partial charge < -0.3 is 10.2 Å². The van der Waals surface area contributed by atoms with Gasteiger partial charge in [0.15, 0.2) is 0 Å². The minimum atomic E-state index is -0.518. The monoisotopic (exact) mass is 318 g/mol. The second-order valence-corrected chi connectivity index (χ2v) is 6.41. The first-order valence-corrected chi connectivity index (χ1v) is 7.93. The Balaban J connectivity index is 2.52. The molecule has 0 aliphatic rings. The van der Waals surface area contributed by atoms with E-state index in [0.29, 0.717) is 17.9 Å². The molecule has 0 saturated heterocycles. The van der Waals surface area contributed by atoms with Gasteiger partial charge in [-0.3, -0.25) is 0 Å². The molecular formula is C19H23ClO2. The third-order valence-electron chi connectivity index (χ3n) is 4.34. The van der Waals surface area contributed by atoms with Crippen molar-refractivity contribution in [2.45, 2.75) is 32.1 Å². The van der Waals surface area contributed by atoms with Crippen molar-refractivity contribution in [3.05, 3.63) is 69.7 Å². The van der Waals surface area contributed by atoms with Crippen LogP contribution >= 0.6 is 11.6 Å². The summed E-state index contributed by atoms with van der Waals surface area (Å²) in [6.07, 6.45) is 1.10. The van der Waals surface area contributed by atoms with Gasteiger partial charge >= 0.3 is 0 Å². The first-order chi connectivity index (χ1) is 10.5. The average Bonchev–Trinajstić information content (AvgIpc) is 2.51. The number of rotatable bonds is 6. The normalized spacial score (nSPS) is 13.9. The average molecular weight is 319 g/mol. The molecule has 0 aliphatic heterocycles. The van der Waals surface area contributed by atoms with E-state index in [1.165, 1.54) is 0 Å². The van der Waals surface area contributed by atoms with Crippen LogP contribution in [0.25, 0.3) is 0 Å². The van der Waals surface area contributed by atoms with E-state index in [-0.39, 0.29) is 13.2 Å². The van der Waals surface area contributed by atoms with Crippen LogP contribution in [0.1, 0.15) is 28.7 Å². The smallest absolute Gasteiger partial charge is 0.0532 e. The van der Waals surface area contributed by atoms with E-state index >= 15 is 0 Å². The van der Waals surface area contributed by atoms with Crippen LogP contribution in [0.2, 0.25) is 5.02 Å². The zero-order chi connectivity index (χ0) is 16.2. The molecule has 0 saturated carbocycles. The summed E-state index contributed by atoms with van der Waals surface area (Å²) in [4.78, 5) is 0. The molecule has 2 nitrogen and oxygen atoms in total. The summed E-state index contributed by atoms with van der Waals surface area (Å²) in [6, 6.07) is 13.9. The fraction of sp³-hybridized carbons (Fsp3) is 0.368. The summed E-state index contributed by atoms with van der Waals surface area (Å²) in [5.74, 6) is 0. The molecule has 2 aromatic carbocycles. The van der Waals surface area contributed by atoms with Gasteiger partial charge in [0.1, 0.15) is 0 Å². The minimum Gasteiger partial charge on any atom is -0.396 e. The van der Waals surface area contributed by atoms with E-state index < -0.39 is 5.41 Å². The van der Waals surface area contributed by atoms with Gasteiger partial charge in [-0.1, -0.05) is 53.6 Å². The van der Waals surface area contributed by atoms with Gasteiger partial charge in [-0.05, 0) is 49.4 Å². The van der Waals surface area contributed by atoms with Gasteiger partial charge in [0.2, 0.25) is 0 Å². The molecule has 0 amide bonds. The van der Waals surface area contributed by atoms with Crippen LogP contribution in [0.3, 0.4) is 0 Å². The zero-order valence-electron chi connectivity index (χ0n) is 13.1. The van der Waals surface area contributed by atoms with E-state index in [1.807, 2.05) is 38.1 Å². The Hall–Kier alpha value is -1.35. The standard InChI is InChI=1S/C19H23ClO2/c1-14-7-8-15(2)17(11-14)19(13-22,9-10-21)12-16-5-3-4-6-18(16)20/h3-8,11,21-22H,9-10,12-13H2,1-2H3. The molecule has 118 valence electrons. The topological polar surface area (TPSA) is 40.5 Å². The third kappa shape index (κ3) is 3.52. The van der Waals surface area contributed by atoms with Crippen LogP contribution in [0, 0.1) is 13.8 Å². The lowest BCUT2D eigenvalue weighted by molar-refractivity contribution is 0.150. The molecule has 2 rings (SSSR count). The predicted octanol–water partition coefficient (Wildman–Crippen LogP) is 3.81. The molecule has 2 N–H and O–H groups in total. The summed E-state index contributed by atoms with van der Waals surface area (Å²) < 4.78 is 0. The predicted molar refractivity (Wildman–Crippen MR) is 91.5 cm³/mol. The maximum absolute atomic E-state index is 10.2. The molecule has 1 atom stereocenters. The van der Waals surface area contributed by atoms with Crippen LogP contribution in [0.4, 0.5) is 0 Å². The van der Waals surface area contributed by atoms with E-state index in [9.17, 15) is 10.2 Å². The Labute approximate surface area is 137 Å². The second kappa shape index (κ2) is 7.28. The first kappa shape index (κ1) is 17.0. The molecule has 0 heterocycles. The Morgan fingerprint density at radius 3 is 2.41 bits per heavy atom. The van der Waals surface area contributed by atoms with E-state index in [1.54, 1.807) is 0 Å². The lowest BCUT2D eigenvalue weighted by atomic mass is 9.72. The molecule has 3 heteroatoms. The second-order valence-electron chi connectivity index (χ2n) is 6.00. The van der Waals surface area contributed by atoms with Crippen molar-refractivity contribution >= 4 is 11.6 Å². The van der Waals surface area contributed by atoms with Crippen LogP contribution in [0.5, 0.6) is 0 Å². The largest absolute Gasteiger partial charge is 0.396 e. The van der Waals surface area contributed by atoms with Crippen molar-refractivity contribution in [3.63, 3.8) is 0 Å². The van der Waals surface area contributed by atoms with Crippen molar-refractivity contribution in [2.24, 2.45) is 0 Å². The number of benzene rings is 2. The zero-order valence-corrected chi connectivity index (χ0v) is 13.9. The van der Waals surface area contributed by atoms with E-state index in [4.69, 9.17) is 11.6 Å². The van der Waals surface area contributed by atoms with Gasteiger partial charge in [0, 0.05) is 17.0 Å². The Morgan fingerprint density at radius 2 is 1.77 bits per heavy atom. The summed E-state index contributed by atoms with van der Waals surface area (Å²) in [5, 5.41) is 20.4. The molecule has 0 fully saturated rings. The molecule has 0 aromatic heterocycles. The van der Waals surface area contributed by atoms with E-state index in [2.05, 4.69) is 18.2 Å². The van der Waals surface area contributed by atoms with Gasteiger partial charge in [-0.15, -0.1) is 0 Å². The maximum Gasteiger partial charge on any atom is 0.0532 e. The highest BCUT2D eigenvalue weighted by Gasteiger charge is 2.33. The van der Waals surface area contributed by atoms with Crippen molar-refractivity contribution in [1.29, 1.82) is 0 Å². The molecule has 0 spiro atoms. The number of hydrogen-bond donors (Lipinski definition) is 2. The van der Waals surface area contributed by atoms with Gasteiger partial charge in [0.25, 0.3) is 0 Å². The van der Waals surface area contributed by atoms with Crippen molar-refractivity contribution in [2.75, 3.05) is 13.2 Å². The van der Waals surface area contributed by atoms with Crippen molar-refractivity contribution in [1.82, 2.24) is 0 Å². The number of aryl methyl sites for hydroxylation is 2. The first-order valence-electron chi connectivity index (χ1n) is 7.55. The van der Waals surface area contributed by atoms with Crippen molar-refractivity contribution in [3.8, 4) is 0 Å². The number of aliphatic hydroxyl groups is 2.